The topological polar surface area (TPSA) is 18.5 Å². The van der Waals surface area contributed by atoms with Gasteiger partial charge >= 0.3 is 0 Å². The average molecular weight is 288 g/mol. The van der Waals surface area contributed by atoms with Crippen LogP contribution >= 0.6 is 0 Å². The van der Waals surface area contributed by atoms with Crippen LogP contribution in [-0.2, 0) is 16.1 Å². The SMILES string of the molecule is CC#CCC12CCC(C)(O1)C(OCc1ccccc1F)C2. The van der Waals surface area contributed by atoms with Crippen molar-refractivity contribution in [1.82, 2.24) is 0 Å². The smallest absolute Gasteiger partial charge is 0.128 e. The highest BCUT2D eigenvalue weighted by Gasteiger charge is 2.59. The highest BCUT2D eigenvalue weighted by molar-refractivity contribution is 5.17. The van der Waals surface area contributed by atoms with Gasteiger partial charge in [-0.05, 0) is 32.8 Å². The number of hydrogen-bond donors (Lipinski definition) is 0. The van der Waals surface area contributed by atoms with Gasteiger partial charge in [-0.15, -0.1) is 11.8 Å². The molecule has 2 aliphatic rings. The molecule has 3 unspecified atom stereocenters. The van der Waals surface area contributed by atoms with Gasteiger partial charge < -0.3 is 9.47 Å². The fourth-order valence-corrected chi connectivity index (χ4v) is 3.48. The number of hydrogen-bond acceptors (Lipinski definition) is 2. The predicted molar refractivity (Wildman–Crippen MR) is 79.1 cm³/mol. The van der Waals surface area contributed by atoms with Crippen molar-refractivity contribution in [3.63, 3.8) is 0 Å². The maximum atomic E-state index is 13.7. The van der Waals surface area contributed by atoms with E-state index in [9.17, 15) is 4.39 Å². The van der Waals surface area contributed by atoms with Crippen LogP contribution in [0, 0.1) is 17.7 Å². The minimum atomic E-state index is -0.249. The van der Waals surface area contributed by atoms with E-state index in [2.05, 4.69) is 18.8 Å². The highest BCUT2D eigenvalue weighted by atomic mass is 19.1. The van der Waals surface area contributed by atoms with Crippen LogP contribution < -0.4 is 0 Å². The summed E-state index contributed by atoms with van der Waals surface area (Å²) < 4.78 is 25.9. The number of benzene rings is 1. The first kappa shape index (κ1) is 14.6. The van der Waals surface area contributed by atoms with Gasteiger partial charge in [0.1, 0.15) is 5.82 Å². The Kier molecular flexibility index (Phi) is 3.77. The summed E-state index contributed by atoms with van der Waals surface area (Å²) in [5.41, 5.74) is 0.199. The van der Waals surface area contributed by atoms with E-state index in [-0.39, 0.29) is 23.1 Å². The summed E-state index contributed by atoms with van der Waals surface area (Å²) in [4.78, 5) is 0. The van der Waals surface area contributed by atoms with Crippen LogP contribution in [0.15, 0.2) is 24.3 Å². The summed E-state index contributed by atoms with van der Waals surface area (Å²) >= 11 is 0. The molecule has 21 heavy (non-hydrogen) atoms. The molecule has 0 N–H and O–H groups in total. The standard InChI is InChI=1S/C18H21FO2/c1-3-4-9-18-11-10-17(2,21-18)16(12-18)20-13-14-7-5-6-8-15(14)19/h5-8,16H,9-13H2,1-2H3. The molecule has 0 saturated carbocycles. The molecule has 3 heteroatoms. The molecule has 2 bridgehead atoms. The maximum Gasteiger partial charge on any atom is 0.128 e. The summed E-state index contributed by atoms with van der Waals surface area (Å²) in [7, 11) is 0. The van der Waals surface area contributed by atoms with E-state index in [4.69, 9.17) is 9.47 Å². The Morgan fingerprint density at radius 3 is 2.95 bits per heavy atom. The van der Waals surface area contributed by atoms with Gasteiger partial charge in [-0.25, -0.2) is 4.39 Å². The molecule has 2 heterocycles. The first-order valence-corrected chi connectivity index (χ1v) is 7.52. The quantitative estimate of drug-likeness (QED) is 0.784. The third-order valence-corrected chi connectivity index (χ3v) is 4.75. The van der Waals surface area contributed by atoms with Crippen LogP contribution in [0.2, 0.25) is 0 Å². The monoisotopic (exact) mass is 288 g/mol. The van der Waals surface area contributed by atoms with Crippen molar-refractivity contribution in [2.24, 2.45) is 0 Å². The van der Waals surface area contributed by atoms with Gasteiger partial charge in [0.15, 0.2) is 0 Å². The molecule has 1 aromatic carbocycles. The van der Waals surface area contributed by atoms with Crippen molar-refractivity contribution >= 4 is 0 Å². The molecule has 3 atom stereocenters. The van der Waals surface area contributed by atoms with Gasteiger partial charge in [0.2, 0.25) is 0 Å². The van der Waals surface area contributed by atoms with Gasteiger partial charge in [0.05, 0.1) is 23.9 Å². The molecule has 112 valence electrons. The maximum absolute atomic E-state index is 13.7. The number of fused-ring (bicyclic) bond motifs is 2. The molecule has 0 aromatic heterocycles. The molecule has 3 rings (SSSR count). The summed E-state index contributed by atoms with van der Waals surface area (Å²) in [5.74, 6) is 5.87. The summed E-state index contributed by atoms with van der Waals surface area (Å²) in [6.07, 6.45) is 3.66. The highest BCUT2D eigenvalue weighted by Crippen LogP contribution is 2.53. The van der Waals surface area contributed by atoms with Crippen LogP contribution in [-0.4, -0.2) is 17.3 Å². The lowest BCUT2D eigenvalue weighted by Crippen LogP contribution is -2.37. The van der Waals surface area contributed by atoms with Gasteiger partial charge in [-0.2, -0.15) is 0 Å². The zero-order chi connectivity index (χ0) is 14.9. The van der Waals surface area contributed by atoms with Gasteiger partial charge in [0, 0.05) is 18.4 Å². The Hall–Kier alpha value is -1.37. The normalized spacial score (nSPS) is 33.8. The molecule has 2 saturated heterocycles. The molecular weight excluding hydrogens is 267 g/mol. The first-order chi connectivity index (χ1) is 10.1. The lowest BCUT2D eigenvalue weighted by Gasteiger charge is -2.29. The van der Waals surface area contributed by atoms with Crippen LogP contribution in [0.5, 0.6) is 0 Å². The number of rotatable bonds is 4. The molecule has 2 fully saturated rings. The molecule has 1 aromatic rings. The lowest BCUT2D eigenvalue weighted by molar-refractivity contribution is -0.0853. The van der Waals surface area contributed by atoms with Crippen molar-refractivity contribution in [3.8, 4) is 11.8 Å². The van der Waals surface area contributed by atoms with E-state index >= 15 is 0 Å². The predicted octanol–water partition coefficient (Wildman–Crippen LogP) is 3.84. The van der Waals surface area contributed by atoms with Crippen LogP contribution in [0.25, 0.3) is 0 Å². The second-order valence-electron chi connectivity index (χ2n) is 6.30. The lowest BCUT2D eigenvalue weighted by atomic mass is 9.79. The van der Waals surface area contributed by atoms with Crippen molar-refractivity contribution in [2.45, 2.75) is 63.4 Å². The Morgan fingerprint density at radius 2 is 2.19 bits per heavy atom. The zero-order valence-electron chi connectivity index (χ0n) is 12.6. The van der Waals surface area contributed by atoms with Gasteiger partial charge in [0.25, 0.3) is 0 Å². The van der Waals surface area contributed by atoms with Gasteiger partial charge in [-0.3, -0.25) is 0 Å². The van der Waals surface area contributed by atoms with Crippen LogP contribution in [0.3, 0.4) is 0 Å². The minimum Gasteiger partial charge on any atom is -0.370 e. The Morgan fingerprint density at radius 1 is 1.38 bits per heavy atom. The van der Waals surface area contributed by atoms with Crippen molar-refractivity contribution in [3.05, 3.63) is 35.6 Å². The van der Waals surface area contributed by atoms with E-state index < -0.39 is 0 Å². The van der Waals surface area contributed by atoms with E-state index in [1.807, 2.05) is 13.0 Å². The molecular formula is C18H21FO2. The second-order valence-corrected chi connectivity index (χ2v) is 6.30. The largest absolute Gasteiger partial charge is 0.370 e. The molecule has 0 amide bonds. The third kappa shape index (κ3) is 2.71. The van der Waals surface area contributed by atoms with Crippen LogP contribution in [0.1, 0.15) is 45.1 Å². The number of halogens is 1. The average Bonchev–Trinajstić information content (AvgIpc) is 2.95. The summed E-state index contributed by atoms with van der Waals surface area (Å²) in [5, 5.41) is 0. The van der Waals surface area contributed by atoms with Crippen LogP contribution in [0.4, 0.5) is 4.39 Å². The van der Waals surface area contributed by atoms with E-state index in [0.29, 0.717) is 12.2 Å². The van der Waals surface area contributed by atoms with E-state index in [0.717, 1.165) is 25.7 Å². The molecule has 0 aliphatic carbocycles. The fourth-order valence-electron chi connectivity index (χ4n) is 3.48. The molecule has 2 nitrogen and oxygen atoms in total. The third-order valence-electron chi connectivity index (χ3n) is 4.75. The first-order valence-electron chi connectivity index (χ1n) is 7.52. The number of ether oxygens (including phenoxy) is 2. The molecule has 0 radical (unpaired) electrons. The second kappa shape index (κ2) is 5.44. The van der Waals surface area contributed by atoms with Crippen molar-refractivity contribution < 1.29 is 13.9 Å². The zero-order valence-corrected chi connectivity index (χ0v) is 12.6. The van der Waals surface area contributed by atoms with Crippen molar-refractivity contribution in [2.75, 3.05) is 0 Å². The minimum absolute atomic E-state index is 0.0181. The summed E-state index contributed by atoms with van der Waals surface area (Å²) in [6, 6.07) is 6.76. The van der Waals surface area contributed by atoms with E-state index in [1.165, 1.54) is 6.07 Å². The van der Waals surface area contributed by atoms with E-state index in [1.54, 1.807) is 12.1 Å². The molecule has 2 aliphatic heterocycles. The molecule has 0 spiro atoms. The van der Waals surface area contributed by atoms with Gasteiger partial charge in [-0.1, -0.05) is 18.2 Å². The Balaban J connectivity index is 1.67. The van der Waals surface area contributed by atoms with Crippen molar-refractivity contribution in [1.29, 1.82) is 0 Å². The Labute approximate surface area is 125 Å². The fraction of sp³-hybridized carbons (Fsp3) is 0.556. The summed E-state index contributed by atoms with van der Waals surface area (Å²) in [6.45, 7) is 4.25. The Bertz CT molecular complexity index is 588.